The number of rotatable bonds is 4. The summed E-state index contributed by atoms with van der Waals surface area (Å²) in [5.74, 6) is -0.706. The molecule has 0 radical (unpaired) electrons. The number of esters is 1. The molecule has 6 nitrogen and oxygen atoms in total. The lowest BCUT2D eigenvalue weighted by molar-refractivity contribution is -0.135. The summed E-state index contributed by atoms with van der Waals surface area (Å²) in [7, 11) is 0. The van der Waals surface area contributed by atoms with Crippen molar-refractivity contribution in [1.29, 1.82) is 0 Å². The van der Waals surface area contributed by atoms with Gasteiger partial charge in [0, 0.05) is 24.3 Å². The molecule has 0 bridgehead atoms. The Morgan fingerprint density at radius 3 is 2.45 bits per heavy atom. The number of amides is 1. The average Bonchev–Trinajstić information content (AvgIpc) is 2.80. The first-order valence-corrected chi connectivity index (χ1v) is 7.73. The lowest BCUT2D eigenvalue weighted by Gasteiger charge is -2.26. The second-order valence-electron chi connectivity index (χ2n) is 5.86. The van der Waals surface area contributed by atoms with Gasteiger partial charge in [0.2, 0.25) is 0 Å². The zero-order valence-corrected chi connectivity index (χ0v) is 13.4. The molecule has 1 aromatic heterocycles. The highest BCUT2D eigenvalue weighted by Crippen LogP contribution is 2.24. The smallest absolute Gasteiger partial charge is 0.355 e. The Labute approximate surface area is 130 Å². The molecule has 1 aromatic rings. The minimum atomic E-state index is -0.659. The van der Waals surface area contributed by atoms with Crippen LogP contribution in [0.15, 0.2) is 0 Å². The van der Waals surface area contributed by atoms with Gasteiger partial charge in [-0.1, -0.05) is 0 Å². The van der Waals surface area contributed by atoms with Crippen LogP contribution in [0.2, 0.25) is 0 Å². The number of ether oxygens (including phenoxy) is 1. The minimum Gasteiger partial charge on any atom is -0.451 e. The van der Waals surface area contributed by atoms with Crippen molar-refractivity contribution in [1.82, 2.24) is 9.88 Å². The summed E-state index contributed by atoms with van der Waals surface area (Å²) in [6.45, 7) is 6.45. The SMILES string of the molecule is Cc1[nH]c(C(=O)OCC(=O)N2CCCCC2)c(C)c1[C@@H](C)O. The topological polar surface area (TPSA) is 82.6 Å². The van der Waals surface area contributed by atoms with Crippen molar-refractivity contribution < 1.29 is 19.4 Å². The summed E-state index contributed by atoms with van der Waals surface area (Å²) in [4.78, 5) is 28.8. The Bertz CT molecular complexity index is 557. The van der Waals surface area contributed by atoms with Crippen molar-refractivity contribution in [2.75, 3.05) is 19.7 Å². The number of carbonyl (C=O) groups is 2. The van der Waals surface area contributed by atoms with E-state index in [4.69, 9.17) is 4.74 Å². The van der Waals surface area contributed by atoms with Gasteiger partial charge in [0.1, 0.15) is 5.69 Å². The predicted octanol–water partition coefficient (Wildman–Crippen LogP) is 1.85. The number of likely N-dealkylation sites (tertiary alicyclic amines) is 1. The number of hydrogen-bond acceptors (Lipinski definition) is 4. The highest BCUT2D eigenvalue weighted by atomic mass is 16.5. The van der Waals surface area contributed by atoms with Gasteiger partial charge in [-0.25, -0.2) is 4.79 Å². The number of aliphatic hydroxyl groups is 1. The van der Waals surface area contributed by atoms with E-state index in [1.807, 2.05) is 0 Å². The number of aromatic amines is 1. The van der Waals surface area contributed by atoms with E-state index in [1.54, 1.807) is 25.7 Å². The first-order valence-electron chi connectivity index (χ1n) is 7.73. The molecule has 1 aliphatic rings. The van der Waals surface area contributed by atoms with E-state index in [-0.39, 0.29) is 12.5 Å². The molecule has 1 atom stereocenters. The van der Waals surface area contributed by atoms with Crippen molar-refractivity contribution in [3.8, 4) is 0 Å². The standard InChI is InChI=1S/C16H24N2O4/c1-10-14(12(3)19)11(2)17-15(10)16(21)22-9-13(20)18-7-5-4-6-8-18/h12,17,19H,4-9H2,1-3H3/t12-/m1/s1. The zero-order chi connectivity index (χ0) is 16.3. The third kappa shape index (κ3) is 3.50. The minimum absolute atomic E-state index is 0.148. The molecule has 0 unspecified atom stereocenters. The van der Waals surface area contributed by atoms with Crippen LogP contribution >= 0.6 is 0 Å². The summed E-state index contributed by atoms with van der Waals surface area (Å²) < 4.78 is 5.13. The maximum absolute atomic E-state index is 12.1. The second-order valence-corrected chi connectivity index (χ2v) is 5.86. The summed E-state index contributed by atoms with van der Waals surface area (Å²) in [5.41, 5.74) is 2.42. The van der Waals surface area contributed by atoms with E-state index in [0.29, 0.717) is 16.8 Å². The summed E-state index contributed by atoms with van der Waals surface area (Å²) in [5, 5.41) is 9.74. The van der Waals surface area contributed by atoms with Crippen molar-refractivity contribution >= 4 is 11.9 Å². The van der Waals surface area contributed by atoms with Crippen LogP contribution in [0.1, 0.15) is 59.6 Å². The predicted molar refractivity (Wildman–Crippen MR) is 81.6 cm³/mol. The van der Waals surface area contributed by atoms with E-state index in [1.165, 1.54) is 0 Å². The number of nitrogens with zero attached hydrogens (tertiary/aromatic N) is 1. The van der Waals surface area contributed by atoms with Gasteiger partial charge < -0.3 is 19.7 Å². The highest BCUT2D eigenvalue weighted by molar-refractivity contribution is 5.91. The monoisotopic (exact) mass is 308 g/mol. The lowest BCUT2D eigenvalue weighted by Crippen LogP contribution is -2.38. The number of aryl methyl sites for hydroxylation is 1. The van der Waals surface area contributed by atoms with Crippen LogP contribution in [0.3, 0.4) is 0 Å². The largest absolute Gasteiger partial charge is 0.451 e. The van der Waals surface area contributed by atoms with Crippen LogP contribution in [-0.4, -0.2) is 46.6 Å². The molecule has 1 fully saturated rings. The van der Waals surface area contributed by atoms with Crippen LogP contribution in [0, 0.1) is 13.8 Å². The van der Waals surface area contributed by atoms with Gasteiger partial charge in [-0.15, -0.1) is 0 Å². The summed E-state index contributed by atoms with van der Waals surface area (Å²) in [6.07, 6.45) is 2.50. The van der Waals surface area contributed by atoms with E-state index in [2.05, 4.69) is 4.98 Å². The maximum Gasteiger partial charge on any atom is 0.355 e. The Morgan fingerprint density at radius 2 is 1.91 bits per heavy atom. The van der Waals surface area contributed by atoms with E-state index < -0.39 is 12.1 Å². The highest BCUT2D eigenvalue weighted by Gasteiger charge is 2.23. The van der Waals surface area contributed by atoms with Gasteiger partial charge in [0.05, 0.1) is 6.10 Å². The molecule has 2 rings (SSSR count). The number of nitrogens with one attached hydrogen (secondary N) is 1. The second kappa shape index (κ2) is 6.96. The number of piperidine rings is 1. The molecule has 2 heterocycles. The molecule has 1 aliphatic heterocycles. The fourth-order valence-electron chi connectivity index (χ4n) is 3.03. The van der Waals surface area contributed by atoms with E-state index >= 15 is 0 Å². The molecule has 1 saturated heterocycles. The van der Waals surface area contributed by atoms with Gasteiger partial charge >= 0.3 is 5.97 Å². The number of carbonyl (C=O) groups excluding carboxylic acids is 2. The van der Waals surface area contributed by atoms with Crippen LogP contribution in [0.4, 0.5) is 0 Å². The van der Waals surface area contributed by atoms with E-state index in [9.17, 15) is 14.7 Å². The Kier molecular flexibility index (Phi) is 5.24. The molecule has 0 saturated carbocycles. The van der Waals surface area contributed by atoms with Gasteiger partial charge in [-0.2, -0.15) is 0 Å². The van der Waals surface area contributed by atoms with Gasteiger partial charge in [-0.05, 0) is 45.6 Å². The van der Waals surface area contributed by atoms with Crippen LogP contribution in [0.5, 0.6) is 0 Å². The normalized spacial score (nSPS) is 16.5. The van der Waals surface area contributed by atoms with Crippen molar-refractivity contribution in [3.05, 3.63) is 22.5 Å². The zero-order valence-electron chi connectivity index (χ0n) is 13.4. The first kappa shape index (κ1) is 16.5. The molecule has 122 valence electrons. The van der Waals surface area contributed by atoms with Crippen LogP contribution in [0.25, 0.3) is 0 Å². The van der Waals surface area contributed by atoms with Crippen molar-refractivity contribution in [2.24, 2.45) is 0 Å². The summed E-state index contributed by atoms with van der Waals surface area (Å²) in [6, 6.07) is 0. The van der Waals surface area contributed by atoms with Gasteiger partial charge in [-0.3, -0.25) is 4.79 Å². The Hall–Kier alpha value is -1.82. The molecule has 0 aliphatic carbocycles. The first-order chi connectivity index (χ1) is 10.4. The fourth-order valence-corrected chi connectivity index (χ4v) is 3.03. The van der Waals surface area contributed by atoms with Crippen molar-refractivity contribution in [2.45, 2.75) is 46.1 Å². The molecule has 0 spiro atoms. The van der Waals surface area contributed by atoms with Crippen LogP contribution in [-0.2, 0) is 9.53 Å². The molecule has 6 heteroatoms. The number of H-pyrrole nitrogens is 1. The summed E-state index contributed by atoms with van der Waals surface area (Å²) >= 11 is 0. The third-order valence-corrected chi connectivity index (χ3v) is 4.15. The van der Waals surface area contributed by atoms with Crippen LogP contribution < -0.4 is 0 Å². The number of hydrogen-bond donors (Lipinski definition) is 2. The molecule has 22 heavy (non-hydrogen) atoms. The molecular weight excluding hydrogens is 284 g/mol. The van der Waals surface area contributed by atoms with Gasteiger partial charge in [0.25, 0.3) is 5.91 Å². The van der Waals surface area contributed by atoms with E-state index in [0.717, 1.165) is 38.0 Å². The van der Waals surface area contributed by atoms with Crippen molar-refractivity contribution in [3.63, 3.8) is 0 Å². The molecule has 2 N–H and O–H groups in total. The Balaban J connectivity index is 1.98. The molecule has 1 amide bonds. The fraction of sp³-hybridized carbons (Fsp3) is 0.625. The molecular formula is C16H24N2O4. The number of aromatic nitrogens is 1. The average molecular weight is 308 g/mol. The Morgan fingerprint density at radius 1 is 1.27 bits per heavy atom. The number of aliphatic hydroxyl groups excluding tert-OH is 1. The molecule has 0 aromatic carbocycles. The maximum atomic E-state index is 12.1. The van der Waals surface area contributed by atoms with Gasteiger partial charge in [0.15, 0.2) is 6.61 Å². The third-order valence-electron chi connectivity index (χ3n) is 4.15. The lowest BCUT2D eigenvalue weighted by atomic mass is 10.1. The quantitative estimate of drug-likeness (QED) is 0.832.